The number of benzene rings is 2. The van der Waals surface area contributed by atoms with Crippen LogP contribution in [0, 0.1) is 0 Å². The van der Waals surface area contributed by atoms with Crippen molar-refractivity contribution in [3.63, 3.8) is 0 Å². The van der Waals surface area contributed by atoms with E-state index in [9.17, 15) is 9.59 Å². The number of pyridine rings is 1. The molecule has 0 saturated heterocycles. The highest BCUT2D eigenvalue weighted by Crippen LogP contribution is 2.22. The number of halogens is 2. The molecule has 5 nitrogen and oxygen atoms in total. The van der Waals surface area contributed by atoms with Crippen molar-refractivity contribution < 1.29 is 14.3 Å². The van der Waals surface area contributed by atoms with Crippen LogP contribution in [0.2, 0.25) is 10.0 Å². The molecule has 2 aromatic carbocycles. The molecule has 1 heterocycles. The Balaban J connectivity index is 1.75. The van der Waals surface area contributed by atoms with Gasteiger partial charge >= 0.3 is 5.97 Å². The van der Waals surface area contributed by atoms with E-state index in [1.54, 1.807) is 16.7 Å². The summed E-state index contributed by atoms with van der Waals surface area (Å²) in [6, 6.07) is 16.6. The van der Waals surface area contributed by atoms with Crippen LogP contribution in [0.15, 0.2) is 59.4 Å². The van der Waals surface area contributed by atoms with E-state index in [1.165, 1.54) is 6.07 Å². The van der Waals surface area contributed by atoms with Crippen molar-refractivity contribution in [2.45, 2.75) is 59.1 Å². The Morgan fingerprint density at radius 1 is 0.914 bits per heavy atom. The Hall–Kier alpha value is -2.76. The number of ether oxygens (including phenoxy) is 2. The third-order valence-electron chi connectivity index (χ3n) is 5.38. The number of aromatic nitrogens is 1. The number of rotatable bonds is 9. The van der Waals surface area contributed by atoms with Gasteiger partial charge in [0.2, 0.25) is 0 Å². The predicted molar refractivity (Wildman–Crippen MR) is 141 cm³/mol. The average molecular weight is 516 g/mol. The van der Waals surface area contributed by atoms with Crippen molar-refractivity contribution >= 4 is 29.2 Å². The zero-order chi connectivity index (χ0) is 25.6. The second-order valence-corrected chi connectivity index (χ2v) is 10.1. The Kier molecular flexibility index (Phi) is 9.03. The molecule has 0 spiro atoms. The summed E-state index contributed by atoms with van der Waals surface area (Å²) in [5.74, 6) is 0.456. The van der Waals surface area contributed by atoms with Gasteiger partial charge in [0, 0.05) is 12.2 Å². The van der Waals surface area contributed by atoms with E-state index in [0.29, 0.717) is 43.0 Å². The first kappa shape index (κ1) is 26.8. The molecule has 0 aliphatic heterocycles. The molecule has 0 aliphatic rings. The maximum atomic E-state index is 12.9. The minimum Gasteiger partial charge on any atom is -0.494 e. The van der Waals surface area contributed by atoms with Crippen LogP contribution in [0.4, 0.5) is 0 Å². The lowest BCUT2D eigenvalue weighted by Gasteiger charge is -2.19. The summed E-state index contributed by atoms with van der Waals surface area (Å²) >= 11 is 12.7. The zero-order valence-corrected chi connectivity index (χ0v) is 22.1. The minimum absolute atomic E-state index is 0.0948. The molecule has 0 fully saturated rings. The second-order valence-electron chi connectivity index (χ2n) is 9.27. The van der Waals surface area contributed by atoms with Gasteiger partial charge in [0.1, 0.15) is 16.4 Å². The molecule has 35 heavy (non-hydrogen) atoms. The van der Waals surface area contributed by atoms with Crippen LogP contribution in [0.25, 0.3) is 0 Å². The first-order valence-electron chi connectivity index (χ1n) is 11.7. The third kappa shape index (κ3) is 7.61. The second kappa shape index (κ2) is 11.8. The van der Waals surface area contributed by atoms with E-state index in [2.05, 4.69) is 0 Å². The monoisotopic (exact) mass is 515 g/mol. The van der Waals surface area contributed by atoms with Gasteiger partial charge < -0.3 is 14.0 Å². The standard InChI is InChI=1S/C28H31Cl2NO4/c1-5-34-22-8-6-7-20(17-22)11-14-25-23(29)18-24(30)26(32)31(25)16-15-19-9-12-21(13-10-19)27(33)35-28(2,3)4/h6-10,12-13,17-18H,5,11,14-16H2,1-4H3. The van der Waals surface area contributed by atoms with Gasteiger partial charge in [0.05, 0.1) is 17.2 Å². The number of carbonyl (C=O) groups excluding carboxylic acids is 1. The predicted octanol–water partition coefficient (Wildman–Crippen LogP) is 6.54. The maximum absolute atomic E-state index is 12.9. The number of carbonyl (C=O) groups is 1. The quantitative estimate of drug-likeness (QED) is 0.303. The Labute approximate surface area is 216 Å². The van der Waals surface area contributed by atoms with Gasteiger partial charge in [-0.05, 0) is 88.4 Å². The van der Waals surface area contributed by atoms with Crippen LogP contribution in [0.1, 0.15) is 54.9 Å². The average Bonchev–Trinajstić information content (AvgIpc) is 2.79. The van der Waals surface area contributed by atoms with Gasteiger partial charge in [0.25, 0.3) is 5.56 Å². The van der Waals surface area contributed by atoms with Gasteiger partial charge in [-0.15, -0.1) is 0 Å². The zero-order valence-electron chi connectivity index (χ0n) is 20.6. The summed E-state index contributed by atoms with van der Waals surface area (Å²) in [6.07, 6.45) is 1.86. The fourth-order valence-electron chi connectivity index (χ4n) is 3.73. The molecule has 3 rings (SSSR count). The van der Waals surface area contributed by atoms with Crippen molar-refractivity contribution in [1.29, 1.82) is 0 Å². The van der Waals surface area contributed by atoms with E-state index in [0.717, 1.165) is 22.6 Å². The van der Waals surface area contributed by atoms with Crippen LogP contribution in [0.5, 0.6) is 5.75 Å². The topological polar surface area (TPSA) is 57.5 Å². The highest BCUT2D eigenvalue weighted by atomic mass is 35.5. The van der Waals surface area contributed by atoms with E-state index in [1.807, 2.05) is 64.1 Å². The smallest absolute Gasteiger partial charge is 0.338 e. The molecule has 0 amide bonds. The van der Waals surface area contributed by atoms with Crippen LogP contribution < -0.4 is 10.3 Å². The SMILES string of the molecule is CCOc1cccc(CCc2c(Cl)cc(Cl)c(=O)n2CCc2ccc(C(=O)OC(C)(C)C)cc2)c1. The largest absolute Gasteiger partial charge is 0.494 e. The number of hydrogen-bond donors (Lipinski definition) is 0. The molecular weight excluding hydrogens is 485 g/mol. The summed E-state index contributed by atoms with van der Waals surface area (Å²) < 4.78 is 12.7. The van der Waals surface area contributed by atoms with Crippen LogP contribution in [0.3, 0.4) is 0 Å². The molecule has 0 unspecified atom stereocenters. The van der Waals surface area contributed by atoms with Crippen molar-refractivity contribution in [1.82, 2.24) is 4.57 Å². The molecule has 0 bridgehead atoms. The molecule has 0 N–H and O–H groups in total. The van der Waals surface area contributed by atoms with Crippen LogP contribution >= 0.6 is 23.2 Å². The van der Waals surface area contributed by atoms with Crippen molar-refractivity contribution in [2.24, 2.45) is 0 Å². The van der Waals surface area contributed by atoms with Crippen molar-refractivity contribution in [3.05, 3.63) is 97.4 Å². The summed E-state index contributed by atoms with van der Waals surface area (Å²) in [4.78, 5) is 25.1. The molecule has 0 radical (unpaired) electrons. The summed E-state index contributed by atoms with van der Waals surface area (Å²) in [5, 5.41) is 0.563. The molecule has 1 aromatic heterocycles. The molecule has 3 aromatic rings. The Morgan fingerprint density at radius 3 is 2.29 bits per heavy atom. The first-order valence-corrected chi connectivity index (χ1v) is 12.4. The van der Waals surface area contributed by atoms with Gasteiger partial charge in [-0.25, -0.2) is 4.79 Å². The fraction of sp³-hybridized carbons (Fsp3) is 0.357. The van der Waals surface area contributed by atoms with E-state index >= 15 is 0 Å². The van der Waals surface area contributed by atoms with Crippen LogP contribution in [-0.2, 0) is 30.5 Å². The van der Waals surface area contributed by atoms with E-state index < -0.39 is 5.60 Å². The lowest BCUT2D eigenvalue weighted by Crippen LogP contribution is -2.26. The molecule has 186 valence electrons. The summed E-state index contributed by atoms with van der Waals surface area (Å²) in [7, 11) is 0. The number of aryl methyl sites for hydroxylation is 2. The molecule has 0 saturated carbocycles. The normalized spacial score (nSPS) is 11.4. The molecule has 7 heteroatoms. The third-order valence-corrected chi connectivity index (χ3v) is 5.97. The highest BCUT2D eigenvalue weighted by Gasteiger charge is 2.18. The van der Waals surface area contributed by atoms with E-state index in [4.69, 9.17) is 32.7 Å². The van der Waals surface area contributed by atoms with Crippen LogP contribution in [-0.4, -0.2) is 22.7 Å². The highest BCUT2D eigenvalue weighted by molar-refractivity contribution is 6.34. The summed E-state index contributed by atoms with van der Waals surface area (Å²) in [5.41, 5.74) is 2.49. The molecular formula is C28H31Cl2NO4. The number of esters is 1. The lowest BCUT2D eigenvalue weighted by atomic mass is 10.1. The maximum Gasteiger partial charge on any atom is 0.338 e. The Morgan fingerprint density at radius 2 is 1.63 bits per heavy atom. The Bertz CT molecular complexity index is 1230. The number of nitrogens with zero attached hydrogens (tertiary/aromatic N) is 1. The van der Waals surface area contributed by atoms with Gasteiger partial charge in [-0.2, -0.15) is 0 Å². The number of hydrogen-bond acceptors (Lipinski definition) is 4. The minimum atomic E-state index is -0.552. The van der Waals surface area contributed by atoms with Crippen molar-refractivity contribution in [3.8, 4) is 5.75 Å². The van der Waals surface area contributed by atoms with Gasteiger partial charge in [-0.3, -0.25) is 4.79 Å². The van der Waals surface area contributed by atoms with Gasteiger partial charge in [0.15, 0.2) is 0 Å². The first-order chi connectivity index (χ1) is 16.6. The van der Waals surface area contributed by atoms with Gasteiger partial charge in [-0.1, -0.05) is 47.5 Å². The van der Waals surface area contributed by atoms with E-state index in [-0.39, 0.29) is 16.6 Å². The fourth-order valence-corrected chi connectivity index (χ4v) is 4.31. The lowest BCUT2D eigenvalue weighted by molar-refractivity contribution is 0.00695. The molecule has 0 atom stereocenters. The summed E-state index contributed by atoms with van der Waals surface area (Å²) in [6.45, 7) is 8.47. The van der Waals surface area contributed by atoms with Crippen molar-refractivity contribution in [2.75, 3.05) is 6.61 Å². The molecule has 0 aliphatic carbocycles.